The van der Waals surface area contributed by atoms with Gasteiger partial charge in [-0.2, -0.15) is 25.8 Å². The molecule has 0 unspecified atom stereocenters. The predicted molar refractivity (Wildman–Crippen MR) is 107 cm³/mol. The van der Waals surface area contributed by atoms with Crippen LogP contribution in [0.3, 0.4) is 0 Å². The first-order chi connectivity index (χ1) is 13.7. The first kappa shape index (κ1) is 22.6. The lowest BCUT2D eigenvalue weighted by Gasteiger charge is -2.17. The first-order valence-corrected chi connectivity index (χ1v) is 9.47. The standard InChI is InChI=1S/C20H21F3N2O3S/c1-2-28-19(27)17(12-29)25-18(26)10-13-6-3-4-9-16(13)24-15-8-5-7-14(11-15)20(21,22)23/h3-9,11,17,24,29H,2,10,12H2,1H3,(H,25,26)/t17-/m0/s1. The molecule has 156 valence electrons. The molecule has 0 radical (unpaired) electrons. The van der Waals surface area contributed by atoms with Crippen molar-refractivity contribution in [3.63, 3.8) is 0 Å². The molecule has 1 amide bonds. The second kappa shape index (κ2) is 10.2. The monoisotopic (exact) mass is 426 g/mol. The summed E-state index contributed by atoms with van der Waals surface area (Å²) in [6.45, 7) is 1.84. The van der Waals surface area contributed by atoms with Gasteiger partial charge in [0.15, 0.2) is 0 Å². The summed E-state index contributed by atoms with van der Waals surface area (Å²) >= 11 is 4.05. The second-order valence-electron chi connectivity index (χ2n) is 6.09. The van der Waals surface area contributed by atoms with Crippen molar-refractivity contribution in [2.75, 3.05) is 17.7 Å². The van der Waals surface area contributed by atoms with Gasteiger partial charge in [0.25, 0.3) is 0 Å². The highest BCUT2D eigenvalue weighted by atomic mass is 32.1. The summed E-state index contributed by atoms with van der Waals surface area (Å²) in [5.74, 6) is -0.934. The Morgan fingerprint density at radius 3 is 2.52 bits per heavy atom. The van der Waals surface area contributed by atoms with E-state index in [1.807, 2.05) is 0 Å². The Labute approximate surface area is 172 Å². The van der Waals surface area contributed by atoms with Gasteiger partial charge in [-0.15, -0.1) is 0 Å². The van der Waals surface area contributed by atoms with Crippen LogP contribution in [0.25, 0.3) is 0 Å². The molecule has 2 aromatic rings. The lowest BCUT2D eigenvalue weighted by molar-refractivity contribution is -0.146. The third-order valence-electron chi connectivity index (χ3n) is 3.93. The van der Waals surface area contributed by atoms with Crippen molar-refractivity contribution in [2.24, 2.45) is 0 Å². The summed E-state index contributed by atoms with van der Waals surface area (Å²) in [5.41, 5.74) is 0.515. The average molecular weight is 426 g/mol. The van der Waals surface area contributed by atoms with Crippen molar-refractivity contribution in [2.45, 2.75) is 25.6 Å². The Bertz CT molecular complexity index is 859. The fourth-order valence-corrected chi connectivity index (χ4v) is 2.81. The van der Waals surface area contributed by atoms with Crippen molar-refractivity contribution in [1.29, 1.82) is 0 Å². The minimum Gasteiger partial charge on any atom is -0.464 e. The van der Waals surface area contributed by atoms with E-state index in [9.17, 15) is 22.8 Å². The average Bonchev–Trinajstić information content (AvgIpc) is 2.67. The third-order valence-corrected chi connectivity index (χ3v) is 4.29. The Kier molecular flexibility index (Phi) is 7.95. The normalized spacial score (nSPS) is 12.2. The molecular weight excluding hydrogens is 405 g/mol. The smallest absolute Gasteiger partial charge is 0.416 e. The molecule has 9 heteroatoms. The minimum atomic E-state index is -4.45. The van der Waals surface area contributed by atoms with E-state index in [0.29, 0.717) is 11.3 Å². The van der Waals surface area contributed by atoms with Crippen LogP contribution < -0.4 is 10.6 Å². The van der Waals surface area contributed by atoms with Gasteiger partial charge in [-0.1, -0.05) is 24.3 Å². The molecule has 0 heterocycles. The van der Waals surface area contributed by atoms with E-state index in [1.165, 1.54) is 12.1 Å². The summed E-state index contributed by atoms with van der Waals surface area (Å²) in [6.07, 6.45) is -4.53. The van der Waals surface area contributed by atoms with Gasteiger partial charge in [0, 0.05) is 17.1 Å². The van der Waals surface area contributed by atoms with Gasteiger partial charge in [-0.25, -0.2) is 4.79 Å². The molecule has 29 heavy (non-hydrogen) atoms. The first-order valence-electron chi connectivity index (χ1n) is 8.83. The Morgan fingerprint density at radius 2 is 1.86 bits per heavy atom. The zero-order chi connectivity index (χ0) is 21.4. The summed E-state index contributed by atoms with van der Waals surface area (Å²) < 4.78 is 43.6. The van der Waals surface area contributed by atoms with Crippen LogP contribution in [-0.2, 0) is 26.9 Å². The number of esters is 1. The molecule has 2 aromatic carbocycles. The number of anilines is 2. The Morgan fingerprint density at radius 1 is 1.14 bits per heavy atom. The van der Waals surface area contributed by atoms with Gasteiger partial charge in [0.1, 0.15) is 6.04 Å². The SMILES string of the molecule is CCOC(=O)[C@H](CS)NC(=O)Cc1ccccc1Nc1cccc(C(F)(F)F)c1. The van der Waals surface area contributed by atoms with E-state index >= 15 is 0 Å². The number of nitrogens with one attached hydrogen (secondary N) is 2. The van der Waals surface area contributed by atoms with Crippen molar-refractivity contribution >= 4 is 35.9 Å². The lowest BCUT2D eigenvalue weighted by Crippen LogP contribution is -2.43. The van der Waals surface area contributed by atoms with E-state index in [-0.39, 0.29) is 24.5 Å². The maximum atomic E-state index is 12.9. The van der Waals surface area contributed by atoms with Crippen molar-refractivity contribution < 1.29 is 27.5 Å². The number of carbonyl (C=O) groups is 2. The number of benzene rings is 2. The van der Waals surface area contributed by atoms with Crippen LogP contribution >= 0.6 is 12.6 Å². The van der Waals surface area contributed by atoms with Gasteiger partial charge in [0.2, 0.25) is 5.91 Å². The van der Waals surface area contributed by atoms with Crippen LogP contribution in [-0.4, -0.2) is 30.3 Å². The molecular formula is C20H21F3N2O3S. The minimum absolute atomic E-state index is 0.0776. The lowest BCUT2D eigenvalue weighted by atomic mass is 10.1. The third kappa shape index (κ3) is 6.70. The van der Waals surface area contributed by atoms with E-state index < -0.39 is 29.7 Å². The Balaban J connectivity index is 2.13. The summed E-state index contributed by atoms with van der Waals surface area (Å²) in [5, 5.41) is 5.47. The molecule has 0 aliphatic heterocycles. The van der Waals surface area contributed by atoms with E-state index in [1.54, 1.807) is 31.2 Å². The maximum absolute atomic E-state index is 12.9. The molecule has 2 N–H and O–H groups in total. The highest BCUT2D eigenvalue weighted by Gasteiger charge is 2.30. The number of hydrogen-bond donors (Lipinski definition) is 3. The van der Waals surface area contributed by atoms with E-state index in [4.69, 9.17) is 4.74 Å². The van der Waals surface area contributed by atoms with Gasteiger partial charge in [0.05, 0.1) is 18.6 Å². The molecule has 1 atom stereocenters. The van der Waals surface area contributed by atoms with Gasteiger partial charge in [-0.3, -0.25) is 4.79 Å². The number of halogens is 3. The zero-order valence-corrected chi connectivity index (χ0v) is 16.5. The molecule has 2 rings (SSSR count). The number of carbonyl (C=O) groups excluding carboxylic acids is 2. The van der Waals surface area contributed by atoms with Crippen LogP contribution in [0.15, 0.2) is 48.5 Å². The van der Waals surface area contributed by atoms with Crippen LogP contribution in [0.4, 0.5) is 24.5 Å². The molecule has 0 aromatic heterocycles. The summed E-state index contributed by atoms with van der Waals surface area (Å²) in [7, 11) is 0. The number of hydrogen-bond acceptors (Lipinski definition) is 5. The number of rotatable bonds is 8. The highest BCUT2D eigenvalue weighted by molar-refractivity contribution is 7.80. The Hall–Kier alpha value is -2.68. The van der Waals surface area contributed by atoms with Gasteiger partial charge in [-0.05, 0) is 36.8 Å². The van der Waals surface area contributed by atoms with Crippen molar-refractivity contribution in [3.8, 4) is 0 Å². The quantitative estimate of drug-likeness (QED) is 0.442. The van der Waals surface area contributed by atoms with Crippen LogP contribution in [0, 0.1) is 0 Å². The molecule has 5 nitrogen and oxygen atoms in total. The number of thiol groups is 1. The molecule has 0 fully saturated rings. The van der Waals surface area contributed by atoms with Crippen LogP contribution in [0.1, 0.15) is 18.1 Å². The molecule has 0 aliphatic rings. The summed E-state index contributed by atoms with van der Waals surface area (Å²) in [6, 6.07) is 10.6. The number of amides is 1. The number of ether oxygens (including phenoxy) is 1. The fourth-order valence-electron chi connectivity index (χ4n) is 2.57. The highest BCUT2D eigenvalue weighted by Crippen LogP contribution is 2.31. The number of para-hydroxylation sites is 1. The molecule has 0 aliphatic carbocycles. The van der Waals surface area contributed by atoms with Crippen molar-refractivity contribution in [1.82, 2.24) is 5.32 Å². The molecule has 0 saturated carbocycles. The van der Waals surface area contributed by atoms with Gasteiger partial charge >= 0.3 is 12.1 Å². The molecule has 0 spiro atoms. The van der Waals surface area contributed by atoms with E-state index in [2.05, 4.69) is 23.3 Å². The summed E-state index contributed by atoms with van der Waals surface area (Å²) in [4.78, 5) is 24.1. The topological polar surface area (TPSA) is 67.4 Å². The van der Waals surface area contributed by atoms with Crippen LogP contribution in [0.2, 0.25) is 0 Å². The van der Waals surface area contributed by atoms with Crippen molar-refractivity contribution in [3.05, 3.63) is 59.7 Å². The number of alkyl halides is 3. The predicted octanol–water partition coefficient (Wildman–Crippen LogP) is 3.97. The molecule has 0 bridgehead atoms. The fraction of sp³-hybridized carbons (Fsp3) is 0.300. The van der Waals surface area contributed by atoms with Gasteiger partial charge < -0.3 is 15.4 Å². The maximum Gasteiger partial charge on any atom is 0.416 e. The second-order valence-corrected chi connectivity index (χ2v) is 6.46. The molecule has 0 saturated heterocycles. The largest absolute Gasteiger partial charge is 0.464 e. The zero-order valence-electron chi connectivity index (χ0n) is 15.6. The van der Waals surface area contributed by atoms with E-state index in [0.717, 1.165) is 12.1 Å². The van der Waals surface area contributed by atoms with Crippen LogP contribution in [0.5, 0.6) is 0 Å².